The molecule has 2 amide bonds. The van der Waals surface area contributed by atoms with Crippen molar-refractivity contribution in [2.75, 3.05) is 23.7 Å². The van der Waals surface area contributed by atoms with E-state index in [1.54, 1.807) is 6.07 Å². The number of cyclic esters (lactones) is 1. The summed E-state index contributed by atoms with van der Waals surface area (Å²) in [6.07, 6.45) is -0.852. The Morgan fingerprint density at radius 3 is 2.96 bits per heavy atom. The molecule has 0 bridgehead atoms. The van der Waals surface area contributed by atoms with Crippen LogP contribution in [0.5, 0.6) is 0 Å². The topological polar surface area (TPSA) is 122 Å². The molecule has 2 unspecified atom stereocenters. The molecule has 0 radical (unpaired) electrons. The van der Waals surface area contributed by atoms with E-state index in [0.717, 1.165) is 11.3 Å². The highest BCUT2D eigenvalue weighted by Crippen LogP contribution is 2.30. The van der Waals surface area contributed by atoms with E-state index in [1.807, 2.05) is 0 Å². The van der Waals surface area contributed by atoms with Crippen molar-refractivity contribution in [3.8, 4) is 10.6 Å². The second kappa shape index (κ2) is 8.71. The van der Waals surface area contributed by atoms with E-state index in [-0.39, 0.29) is 36.7 Å². The first-order valence-electron chi connectivity index (χ1n) is 8.26. The zero-order chi connectivity index (χ0) is 20.3. The number of anilines is 1. The molecule has 2 aromatic rings. The second-order valence-electron chi connectivity index (χ2n) is 5.99. The van der Waals surface area contributed by atoms with Crippen molar-refractivity contribution in [2.45, 2.75) is 19.4 Å². The van der Waals surface area contributed by atoms with E-state index in [4.69, 9.17) is 9.29 Å². The summed E-state index contributed by atoms with van der Waals surface area (Å²) in [6, 6.07) is 4.28. The van der Waals surface area contributed by atoms with Crippen LogP contribution in [0, 0.1) is 5.82 Å². The number of aromatic nitrogens is 2. The maximum atomic E-state index is 14.6. The van der Waals surface area contributed by atoms with Crippen molar-refractivity contribution in [3.63, 3.8) is 0 Å². The number of ether oxygens (including phenoxy) is 1. The quantitative estimate of drug-likeness (QED) is 0.642. The molecule has 1 saturated heterocycles. The molecule has 0 aliphatic carbocycles. The number of amides is 2. The predicted molar refractivity (Wildman–Crippen MR) is 101 cm³/mol. The average molecular weight is 428 g/mol. The standard InChI is InChI=1S/C16H17FN4O5S2/c1-9(22)18-7-11-8-21(16(23)26-11)10-2-3-12(13(17)6-10)15-20-19-14(27-15)4-5-28(24)25/h2-3,6,11H,4-5,7-8H2,1H3,(H,18,22)(H,24,25). The van der Waals surface area contributed by atoms with Gasteiger partial charge >= 0.3 is 6.09 Å². The van der Waals surface area contributed by atoms with Crippen molar-refractivity contribution in [1.29, 1.82) is 0 Å². The Kier molecular flexibility index (Phi) is 6.31. The van der Waals surface area contributed by atoms with Gasteiger partial charge < -0.3 is 14.6 Å². The zero-order valence-corrected chi connectivity index (χ0v) is 16.4. The summed E-state index contributed by atoms with van der Waals surface area (Å²) in [5.41, 5.74) is 0.553. The Bertz CT molecular complexity index is 922. The number of nitrogens with one attached hydrogen (secondary N) is 1. The van der Waals surface area contributed by atoms with E-state index >= 15 is 0 Å². The Balaban J connectivity index is 1.71. The van der Waals surface area contributed by atoms with Crippen LogP contribution in [0.2, 0.25) is 0 Å². The predicted octanol–water partition coefficient (Wildman–Crippen LogP) is 1.57. The van der Waals surface area contributed by atoms with Gasteiger partial charge in [0.05, 0.1) is 24.5 Å². The fourth-order valence-electron chi connectivity index (χ4n) is 2.58. The van der Waals surface area contributed by atoms with E-state index in [9.17, 15) is 18.2 Å². The normalized spacial score (nSPS) is 17.5. The van der Waals surface area contributed by atoms with Gasteiger partial charge in [0.2, 0.25) is 5.91 Å². The van der Waals surface area contributed by atoms with Crippen LogP contribution in [-0.4, -0.2) is 55.9 Å². The fraction of sp³-hybridized carbons (Fsp3) is 0.375. The number of nitrogens with zero attached hydrogens (tertiary/aromatic N) is 3. The van der Waals surface area contributed by atoms with Crippen LogP contribution in [0.25, 0.3) is 10.6 Å². The Morgan fingerprint density at radius 2 is 2.29 bits per heavy atom. The molecule has 12 heteroatoms. The minimum Gasteiger partial charge on any atom is -0.442 e. The average Bonchev–Trinajstić information content (AvgIpc) is 3.24. The first kappa shape index (κ1) is 20.3. The molecule has 150 valence electrons. The SMILES string of the molecule is CC(=O)NCC1CN(c2ccc(-c3nnc(CCS(=O)O)s3)c(F)c2)C(=O)O1. The molecule has 3 rings (SSSR count). The molecule has 0 saturated carbocycles. The van der Waals surface area contributed by atoms with Gasteiger partial charge in [0.25, 0.3) is 0 Å². The van der Waals surface area contributed by atoms with E-state index < -0.39 is 29.1 Å². The molecule has 9 nitrogen and oxygen atoms in total. The molecule has 1 aliphatic heterocycles. The largest absolute Gasteiger partial charge is 0.442 e. The highest BCUT2D eigenvalue weighted by molar-refractivity contribution is 7.79. The highest BCUT2D eigenvalue weighted by Gasteiger charge is 2.32. The van der Waals surface area contributed by atoms with Gasteiger partial charge in [0, 0.05) is 18.9 Å². The van der Waals surface area contributed by atoms with Gasteiger partial charge in [0.1, 0.15) is 16.9 Å². The molecular weight excluding hydrogens is 411 g/mol. The molecular formula is C16H17FN4O5S2. The van der Waals surface area contributed by atoms with Crippen LogP contribution in [0.15, 0.2) is 18.2 Å². The second-order valence-corrected chi connectivity index (χ2v) is 8.11. The lowest BCUT2D eigenvalue weighted by molar-refractivity contribution is -0.119. The summed E-state index contributed by atoms with van der Waals surface area (Å²) < 4.78 is 39.3. The molecule has 1 aromatic carbocycles. The first-order valence-corrected chi connectivity index (χ1v) is 10.3. The van der Waals surface area contributed by atoms with Gasteiger partial charge in [0.15, 0.2) is 16.1 Å². The van der Waals surface area contributed by atoms with Crippen LogP contribution >= 0.6 is 11.3 Å². The third kappa shape index (κ3) is 4.88. The number of rotatable bonds is 7. The monoisotopic (exact) mass is 428 g/mol. The fourth-order valence-corrected chi connectivity index (χ4v) is 3.94. The van der Waals surface area contributed by atoms with Crippen molar-refractivity contribution in [3.05, 3.63) is 29.0 Å². The first-order chi connectivity index (χ1) is 13.3. The van der Waals surface area contributed by atoms with Crippen molar-refractivity contribution in [1.82, 2.24) is 15.5 Å². The third-order valence-corrected chi connectivity index (χ3v) is 5.47. The van der Waals surface area contributed by atoms with Crippen molar-refractivity contribution >= 4 is 40.1 Å². The molecule has 0 spiro atoms. The minimum absolute atomic E-state index is 0.0345. The number of halogens is 1. The van der Waals surface area contributed by atoms with Gasteiger partial charge in [-0.2, -0.15) is 0 Å². The molecule has 28 heavy (non-hydrogen) atoms. The number of carbonyl (C=O) groups is 2. The summed E-state index contributed by atoms with van der Waals surface area (Å²) in [4.78, 5) is 24.3. The Labute approximate surface area is 166 Å². The van der Waals surface area contributed by atoms with E-state index in [1.165, 1.54) is 24.0 Å². The smallest absolute Gasteiger partial charge is 0.414 e. The summed E-state index contributed by atoms with van der Waals surface area (Å²) in [5.74, 6) is -0.775. The van der Waals surface area contributed by atoms with Crippen LogP contribution in [0.3, 0.4) is 0 Å². The molecule has 2 heterocycles. The third-order valence-electron chi connectivity index (χ3n) is 3.90. The van der Waals surface area contributed by atoms with Gasteiger partial charge in [-0.05, 0) is 18.2 Å². The highest BCUT2D eigenvalue weighted by atomic mass is 32.2. The maximum absolute atomic E-state index is 14.6. The van der Waals surface area contributed by atoms with Crippen LogP contribution in [0.1, 0.15) is 11.9 Å². The number of benzene rings is 1. The summed E-state index contributed by atoms with van der Waals surface area (Å²) in [5, 5.41) is 11.3. The zero-order valence-electron chi connectivity index (χ0n) is 14.8. The Hall–Kier alpha value is -2.44. The van der Waals surface area contributed by atoms with Crippen molar-refractivity contribution in [2.24, 2.45) is 0 Å². The van der Waals surface area contributed by atoms with E-state index in [0.29, 0.717) is 15.7 Å². The molecule has 1 fully saturated rings. The minimum atomic E-state index is -1.93. The number of hydrogen-bond donors (Lipinski definition) is 2. The molecule has 1 aromatic heterocycles. The molecule has 1 aliphatic rings. The summed E-state index contributed by atoms with van der Waals surface area (Å²) >= 11 is -0.792. The summed E-state index contributed by atoms with van der Waals surface area (Å²) in [7, 11) is 0. The summed E-state index contributed by atoms with van der Waals surface area (Å²) in [6.45, 7) is 1.74. The van der Waals surface area contributed by atoms with Crippen LogP contribution in [0.4, 0.5) is 14.9 Å². The Morgan fingerprint density at radius 1 is 1.50 bits per heavy atom. The molecule has 2 atom stereocenters. The van der Waals surface area contributed by atoms with Crippen molar-refractivity contribution < 1.29 is 27.5 Å². The number of aryl methyl sites for hydroxylation is 1. The van der Waals surface area contributed by atoms with Gasteiger partial charge in [-0.3, -0.25) is 9.69 Å². The van der Waals surface area contributed by atoms with Gasteiger partial charge in [-0.15, -0.1) is 10.2 Å². The van der Waals surface area contributed by atoms with Crippen LogP contribution < -0.4 is 10.2 Å². The lowest BCUT2D eigenvalue weighted by atomic mass is 10.2. The van der Waals surface area contributed by atoms with E-state index in [2.05, 4.69) is 15.5 Å². The maximum Gasteiger partial charge on any atom is 0.414 e. The number of hydrogen-bond acceptors (Lipinski definition) is 7. The lowest BCUT2D eigenvalue weighted by Crippen LogP contribution is -2.33. The van der Waals surface area contributed by atoms with Crippen LogP contribution in [-0.2, 0) is 27.0 Å². The van der Waals surface area contributed by atoms with Gasteiger partial charge in [-0.25, -0.2) is 13.4 Å². The lowest BCUT2D eigenvalue weighted by Gasteiger charge is -2.14. The molecule has 2 N–H and O–H groups in total. The van der Waals surface area contributed by atoms with Gasteiger partial charge in [-0.1, -0.05) is 11.3 Å². The number of carbonyl (C=O) groups excluding carboxylic acids is 2.